The van der Waals surface area contributed by atoms with Gasteiger partial charge in [-0.15, -0.1) is 0 Å². The highest BCUT2D eigenvalue weighted by Gasteiger charge is 2.17. The molecule has 11 heavy (non-hydrogen) atoms. The molecule has 0 bridgehead atoms. The molecule has 0 aromatic rings. The fourth-order valence-electron chi connectivity index (χ4n) is 1.23. The van der Waals surface area contributed by atoms with Crippen LogP contribution in [0.1, 0.15) is 6.42 Å². The van der Waals surface area contributed by atoms with E-state index in [2.05, 4.69) is 5.32 Å². The van der Waals surface area contributed by atoms with Gasteiger partial charge < -0.3 is 16.0 Å². The summed E-state index contributed by atoms with van der Waals surface area (Å²) in [5.74, 6) is 0.202. The van der Waals surface area contributed by atoms with E-state index in [1.807, 2.05) is 7.05 Å². The van der Waals surface area contributed by atoms with Gasteiger partial charge in [-0.05, 0) is 0 Å². The maximum absolute atomic E-state index is 11.1. The van der Waals surface area contributed by atoms with Crippen molar-refractivity contribution >= 4 is 5.91 Å². The Bertz CT molecular complexity index is 149. The number of hydrogen-bond acceptors (Lipinski definition) is 3. The number of amides is 1. The maximum atomic E-state index is 11.1. The third kappa shape index (κ3) is 2.17. The Kier molecular flexibility index (Phi) is 2.84. The summed E-state index contributed by atoms with van der Waals surface area (Å²) in [6.45, 7) is 2.08. The van der Waals surface area contributed by atoms with Crippen LogP contribution >= 0.6 is 0 Å². The third-order valence-corrected chi connectivity index (χ3v) is 1.98. The molecule has 4 heteroatoms. The van der Waals surface area contributed by atoms with Crippen LogP contribution < -0.4 is 11.1 Å². The third-order valence-electron chi connectivity index (χ3n) is 1.98. The number of likely N-dealkylation sites (N-methyl/N-ethyl adjacent to an activating group) is 1. The summed E-state index contributed by atoms with van der Waals surface area (Å²) in [4.78, 5) is 12.9. The standard InChI is InChI=1S/C7H15N3O/c1-10-5-6(4-8)9-3-2-7(10)11/h6,9H,2-5,8H2,1H3/t6-/m1/s1. The van der Waals surface area contributed by atoms with Gasteiger partial charge in [0.2, 0.25) is 5.91 Å². The van der Waals surface area contributed by atoms with E-state index in [0.717, 1.165) is 13.1 Å². The average Bonchev–Trinajstić information content (AvgIpc) is 2.15. The lowest BCUT2D eigenvalue weighted by molar-refractivity contribution is -0.129. The van der Waals surface area contributed by atoms with Gasteiger partial charge in [-0.2, -0.15) is 0 Å². The molecule has 1 aliphatic heterocycles. The first kappa shape index (κ1) is 8.49. The van der Waals surface area contributed by atoms with E-state index in [-0.39, 0.29) is 11.9 Å². The van der Waals surface area contributed by atoms with Crippen LogP contribution in [-0.4, -0.2) is 43.5 Å². The molecular formula is C7H15N3O. The van der Waals surface area contributed by atoms with Gasteiger partial charge in [0.05, 0.1) is 0 Å². The van der Waals surface area contributed by atoms with E-state index in [4.69, 9.17) is 5.73 Å². The van der Waals surface area contributed by atoms with E-state index in [0.29, 0.717) is 13.0 Å². The number of carbonyl (C=O) groups excluding carboxylic acids is 1. The predicted octanol–water partition coefficient (Wildman–Crippen LogP) is -1.23. The predicted molar refractivity (Wildman–Crippen MR) is 43.1 cm³/mol. The summed E-state index contributed by atoms with van der Waals surface area (Å²) in [6, 6.07) is 0.270. The van der Waals surface area contributed by atoms with Crippen molar-refractivity contribution in [2.75, 3.05) is 26.7 Å². The fourth-order valence-corrected chi connectivity index (χ4v) is 1.23. The Morgan fingerprint density at radius 2 is 2.55 bits per heavy atom. The van der Waals surface area contributed by atoms with Crippen molar-refractivity contribution in [3.8, 4) is 0 Å². The number of rotatable bonds is 1. The molecule has 0 unspecified atom stereocenters. The van der Waals surface area contributed by atoms with Crippen molar-refractivity contribution in [2.45, 2.75) is 12.5 Å². The summed E-state index contributed by atoms with van der Waals surface area (Å²) in [5, 5.41) is 3.20. The minimum Gasteiger partial charge on any atom is -0.344 e. The van der Waals surface area contributed by atoms with Crippen LogP contribution in [0.25, 0.3) is 0 Å². The van der Waals surface area contributed by atoms with Crippen molar-refractivity contribution in [1.29, 1.82) is 0 Å². The van der Waals surface area contributed by atoms with E-state index in [1.165, 1.54) is 0 Å². The first-order valence-electron chi connectivity index (χ1n) is 3.91. The van der Waals surface area contributed by atoms with Gasteiger partial charge in [0, 0.05) is 39.1 Å². The minimum absolute atomic E-state index is 0.202. The van der Waals surface area contributed by atoms with E-state index in [9.17, 15) is 4.79 Å². The molecule has 0 spiro atoms. The summed E-state index contributed by atoms with van der Waals surface area (Å²) < 4.78 is 0. The van der Waals surface area contributed by atoms with Crippen molar-refractivity contribution in [2.24, 2.45) is 5.73 Å². The van der Waals surface area contributed by atoms with Crippen LogP contribution in [0.2, 0.25) is 0 Å². The van der Waals surface area contributed by atoms with Gasteiger partial charge >= 0.3 is 0 Å². The molecule has 4 nitrogen and oxygen atoms in total. The molecule has 0 aromatic heterocycles. The second-order valence-electron chi connectivity index (χ2n) is 2.91. The lowest BCUT2D eigenvalue weighted by atomic mass is 10.3. The van der Waals surface area contributed by atoms with Crippen molar-refractivity contribution in [3.63, 3.8) is 0 Å². The second-order valence-corrected chi connectivity index (χ2v) is 2.91. The molecule has 3 N–H and O–H groups in total. The molecular weight excluding hydrogens is 142 g/mol. The van der Waals surface area contributed by atoms with Gasteiger partial charge in [0.15, 0.2) is 0 Å². The van der Waals surface area contributed by atoms with Crippen molar-refractivity contribution in [3.05, 3.63) is 0 Å². The van der Waals surface area contributed by atoms with Gasteiger partial charge in [-0.3, -0.25) is 4.79 Å². The SMILES string of the molecule is CN1C[C@@H](CN)NCCC1=O. The molecule has 64 valence electrons. The molecule has 0 aromatic carbocycles. The highest BCUT2D eigenvalue weighted by atomic mass is 16.2. The van der Waals surface area contributed by atoms with Crippen LogP contribution in [0, 0.1) is 0 Å². The van der Waals surface area contributed by atoms with Crippen LogP contribution in [-0.2, 0) is 4.79 Å². The molecule has 1 aliphatic rings. The summed E-state index contributed by atoms with van der Waals surface area (Å²) in [6.07, 6.45) is 0.590. The lowest BCUT2D eigenvalue weighted by Gasteiger charge is -2.18. The zero-order chi connectivity index (χ0) is 8.27. The molecule has 0 aliphatic carbocycles. The summed E-state index contributed by atoms with van der Waals surface area (Å²) in [7, 11) is 1.82. The largest absolute Gasteiger partial charge is 0.344 e. The lowest BCUT2D eigenvalue weighted by Crippen LogP contribution is -2.42. The van der Waals surface area contributed by atoms with Crippen LogP contribution in [0.5, 0.6) is 0 Å². The molecule has 1 rings (SSSR count). The van der Waals surface area contributed by atoms with Crippen molar-refractivity contribution in [1.82, 2.24) is 10.2 Å². The number of nitrogens with two attached hydrogens (primary N) is 1. The fraction of sp³-hybridized carbons (Fsp3) is 0.857. The molecule has 1 amide bonds. The highest BCUT2D eigenvalue weighted by Crippen LogP contribution is 1.97. The van der Waals surface area contributed by atoms with E-state index >= 15 is 0 Å². The average molecular weight is 157 g/mol. The van der Waals surface area contributed by atoms with Crippen LogP contribution in [0.3, 0.4) is 0 Å². The topological polar surface area (TPSA) is 58.4 Å². The normalized spacial score (nSPS) is 26.9. The Hall–Kier alpha value is -0.610. The van der Waals surface area contributed by atoms with E-state index < -0.39 is 0 Å². The smallest absolute Gasteiger partial charge is 0.223 e. The first-order chi connectivity index (χ1) is 5.24. The van der Waals surface area contributed by atoms with Gasteiger partial charge in [0.25, 0.3) is 0 Å². The summed E-state index contributed by atoms with van der Waals surface area (Å²) >= 11 is 0. The number of nitrogens with one attached hydrogen (secondary N) is 1. The zero-order valence-electron chi connectivity index (χ0n) is 6.84. The quantitative estimate of drug-likeness (QED) is 0.501. The van der Waals surface area contributed by atoms with Crippen molar-refractivity contribution < 1.29 is 4.79 Å². The monoisotopic (exact) mass is 157 g/mol. The van der Waals surface area contributed by atoms with E-state index in [1.54, 1.807) is 4.90 Å². The maximum Gasteiger partial charge on any atom is 0.223 e. The molecule has 1 heterocycles. The van der Waals surface area contributed by atoms with Gasteiger partial charge in [0.1, 0.15) is 0 Å². The Labute approximate surface area is 66.7 Å². The van der Waals surface area contributed by atoms with Crippen LogP contribution in [0.15, 0.2) is 0 Å². The van der Waals surface area contributed by atoms with Gasteiger partial charge in [-0.1, -0.05) is 0 Å². The molecule has 1 saturated heterocycles. The van der Waals surface area contributed by atoms with Crippen LogP contribution in [0.4, 0.5) is 0 Å². The number of nitrogens with zero attached hydrogens (tertiary/aromatic N) is 1. The summed E-state index contributed by atoms with van der Waals surface area (Å²) in [5.41, 5.74) is 5.48. The Morgan fingerprint density at radius 1 is 1.82 bits per heavy atom. The molecule has 1 atom stereocenters. The first-order valence-corrected chi connectivity index (χ1v) is 3.91. The number of carbonyl (C=O) groups is 1. The molecule has 1 fully saturated rings. The molecule has 0 saturated carbocycles. The second kappa shape index (κ2) is 3.69. The number of hydrogen-bond donors (Lipinski definition) is 2. The highest BCUT2D eigenvalue weighted by molar-refractivity contribution is 5.76. The zero-order valence-corrected chi connectivity index (χ0v) is 6.84. The molecule has 0 radical (unpaired) electrons. The van der Waals surface area contributed by atoms with Gasteiger partial charge in [-0.25, -0.2) is 0 Å². The Balaban J connectivity index is 2.48. The Morgan fingerprint density at radius 3 is 3.18 bits per heavy atom. The minimum atomic E-state index is 0.202.